The summed E-state index contributed by atoms with van der Waals surface area (Å²) in [6.45, 7) is 5.99. The van der Waals surface area contributed by atoms with Crippen LogP contribution in [-0.2, 0) is 17.6 Å². The maximum Gasteiger partial charge on any atom is 0.339 e. The first kappa shape index (κ1) is 20.0. The Morgan fingerprint density at radius 2 is 1.97 bits per heavy atom. The van der Waals surface area contributed by atoms with Gasteiger partial charge in [0.25, 0.3) is 11.1 Å². The molecule has 0 unspecified atom stereocenters. The van der Waals surface area contributed by atoms with Crippen molar-refractivity contribution in [3.05, 3.63) is 43.9 Å². The summed E-state index contributed by atoms with van der Waals surface area (Å²) in [6, 6.07) is 1.94. The van der Waals surface area contributed by atoms with Crippen molar-refractivity contribution in [3.63, 3.8) is 0 Å². The summed E-state index contributed by atoms with van der Waals surface area (Å²) in [7, 11) is 0. The number of carboxylic acids is 1. The minimum atomic E-state index is -0.891. The third-order valence-electron chi connectivity index (χ3n) is 5.52. The van der Waals surface area contributed by atoms with Gasteiger partial charge in [-0.05, 0) is 81.5 Å². The van der Waals surface area contributed by atoms with Gasteiger partial charge in [0, 0.05) is 22.8 Å². The number of aryl methyl sites for hydroxylation is 2. The van der Waals surface area contributed by atoms with Crippen LogP contribution in [0.2, 0.25) is 0 Å². The number of thiophene rings is 1. The third kappa shape index (κ3) is 3.24. The standard InChI is InChI=1S/C21H22N2O4S2/c1-4-22-18(24)16(29-21(22)27)10-13-9-11(2)23(12(13)3)19-17(20(25)26)14-7-5-6-8-15(14)28-19/h9-10H,4-8H2,1-3H3,(H,25,26). The summed E-state index contributed by atoms with van der Waals surface area (Å²) in [5, 5.41) is 10.4. The highest BCUT2D eigenvalue weighted by Crippen LogP contribution is 2.39. The van der Waals surface area contributed by atoms with Crippen molar-refractivity contribution in [2.45, 2.75) is 46.5 Å². The van der Waals surface area contributed by atoms with E-state index in [1.54, 1.807) is 24.3 Å². The van der Waals surface area contributed by atoms with Gasteiger partial charge in [-0.15, -0.1) is 11.3 Å². The molecule has 0 bridgehead atoms. The second-order valence-electron chi connectivity index (χ2n) is 7.28. The molecule has 1 saturated heterocycles. The lowest BCUT2D eigenvalue weighted by Crippen LogP contribution is -2.27. The van der Waals surface area contributed by atoms with Gasteiger partial charge in [-0.1, -0.05) is 0 Å². The van der Waals surface area contributed by atoms with E-state index in [0.717, 1.165) is 65.0 Å². The largest absolute Gasteiger partial charge is 0.478 e. The molecule has 4 rings (SSSR count). The molecule has 6 nitrogen and oxygen atoms in total. The normalized spacial score (nSPS) is 18.0. The summed E-state index contributed by atoms with van der Waals surface area (Å²) in [4.78, 5) is 39.3. The van der Waals surface area contributed by atoms with Crippen molar-refractivity contribution < 1.29 is 19.5 Å². The van der Waals surface area contributed by atoms with Gasteiger partial charge in [0.1, 0.15) is 5.00 Å². The van der Waals surface area contributed by atoms with Crippen LogP contribution in [-0.4, -0.2) is 38.2 Å². The molecular formula is C21H22N2O4S2. The fraction of sp³-hybridized carbons (Fsp3) is 0.381. The molecule has 2 aromatic rings. The van der Waals surface area contributed by atoms with E-state index in [-0.39, 0.29) is 11.1 Å². The SMILES string of the molecule is CCN1C(=O)SC(=Cc2cc(C)n(-c3sc4c(c3C(=O)O)CCCC4)c2C)C1=O. The zero-order valence-corrected chi connectivity index (χ0v) is 18.2. The molecule has 3 heterocycles. The number of amides is 2. The maximum absolute atomic E-state index is 12.4. The highest BCUT2D eigenvalue weighted by Gasteiger charge is 2.34. The smallest absolute Gasteiger partial charge is 0.339 e. The summed E-state index contributed by atoms with van der Waals surface area (Å²) in [6.07, 6.45) is 5.59. The second kappa shape index (κ2) is 7.50. The van der Waals surface area contributed by atoms with Gasteiger partial charge in [0.05, 0.1) is 10.5 Å². The first-order valence-electron chi connectivity index (χ1n) is 9.66. The van der Waals surface area contributed by atoms with Crippen LogP contribution in [0, 0.1) is 13.8 Å². The number of likely N-dealkylation sites (N-methyl/N-ethyl adjacent to an activating group) is 1. The zero-order valence-electron chi connectivity index (χ0n) is 16.6. The van der Waals surface area contributed by atoms with E-state index < -0.39 is 5.97 Å². The zero-order chi connectivity index (χ0) is 20.9. The quantitative estimate of drug-likeness (QED) is 0.706. The first-order valence-corrected chi connectivity index (χ1v) is 11.3. The van der Waals surface area contributed by atoms with Crippen molar-refractivity contribution in [1.82, 2.24) is 9.47 Å². The molecule has 0 spiro atoms. The van der Waals surface area contributed by atoms with Crippen LogP contribution >= 0.6 is 23.1 Å². The van der Waals surface area contributed by atoms with Crippen molar-refractivity contribution in [1.29, 1.82) is 0 Å². The molecule has 2 aliphatic rings. The van der Waals surface area contributed by atoms with Crippen molar-refractivity contribution in [3.8, 4) is 5.00 Å². The molecule has 1 fully saturated rings. The molecule has 0 saturated carbocycles. The number of rotatable bonds is 4. The lowest BCUT2D eigenvalue weighted by Gasteiger charge is -2.11. The Morgan fingerprint density at radius 1 is 1.24 bits per heavy atom. The monoisotopic (exact) mass is 430 g/mol. The van der Waals surface area contributed by atoms with Crippen LogP contribution in [0.25, 0.3) is 11.1 Å². The summed E-state index contributed by atoms with van der Waals surface area (Å²) in [5.41, 5.74) is 3.98. The van der Waals surface area contributed by atoms with Gasteiger partial charge < -0.3 is 9.67 Å². The summed E-state index contributed by atoms with van der Waals surface area (Å²) >= 11 is 2.51. The number of thioether (sulfide) groups is 1. The van der Waals surface area contributed by atoms with E-state index in [0.29, 0.717) is 17.0 Å². The van der Waals surface area contributed by atoms with Gasteiger partial charge in [-0.3, -0.25) is 14.5 Å². The number of nitrogens with zero attached hydrogens (tertiary/aromatic N) is 2. The first-order chi connectivity index (χ1) is 13.8. The number of carbonyl (C=O) groups is 3. The number of aromatic carboxylic acids is 1. The van der Waals surface area contributed by atoms with Gasteiger partial charge >= 0.3 is 5.97 Å². The average molecular weight is 431 g/mol. The van der Waals surface area contributed by atoms with E-state index in [9.17, 15) is 19.5 Å². The Balaban J connectivity index is 1.81. The molecule has 1 aliphatic carbocycles. The molecule has 0 radical (unpaired) electrons. The predicted molar refractivity (Wildman–Crippen MR) is 115 cm³/mol. The summed E-state index contributed by atoms with van der Waals surface area (Å²) in [5.74, 6) is -1.16. The van der Waals surface area contributed by atoms with Gasteiger partial charge in [0.15, 0.2) is 0 Å². The molecule has 0 atom stereocenters. The number of aromatic nitrogens is 1. The van der Waals surface area contributed by atoms with Crippen LogP contribution in [0.1, 0.15) is 57.5 Å². The number of fused-ring (bicyclic) bond motifs is 1. The third-order valence-corrected chi connectivity index (χ3v) is 7.70. The van der Waals surface area contributed by atoms with Gasteiger partial charge in [-0.2, -0.15) is 0 Å². The number of hydrogen-bond acceptors (Lipinski definition) is 5. The van der Waals surface area contributed by atoms with Crippen molar-refractivity contribution >= 4 is 46.3 Å². The molecule has 1 N–H and O–H groups in total. The molecule has 0 aromatic carbocycles. The van der Waals surface area contributed by atoms with Crippen LogP contribution in [0.4, 0.5) is 4.79 Å². The highest BCUT2D eigenvalue weighted by atomic mass is 32.2. The number of hydrogen-bond donors (Lipinski definition) is 1. The highest BCUT2D eigenvalue weighted by molar-refractivity contribution is 8.18. The molecule has 8 heteroatoms. The Morgan fingerprint density at radius 3 is 2.62 bits per heavy atom. The number of carboxylic acid groups (broad SMARTS) is 1. The van der Waals surface area contributed by atoms with Gasteiger partial charge in [-0.25, -0.2) is 4.79 Å². The Kier molecular flexibility index (Phi) is 5.16. The van der Waals surface area contributed by atoms with Crippen LogP contribution in [0.5, 0.6) is 0 Å². The number of imide groups is 1. The Bertz CT molecular complexity index is 1080. The lowest BCUT2D eigenvalue weighted by molar-refractivity contribution is -0.122. The van der Waals surface area contributed by atoms with E-state index in [1.165, 1.54) is 9.78 Å². The molecule has 1 aliphatic heterocycles. The van der Waals surface area contributed by atoms with E-state index >= 15 is 0 Å². The molecular weight excluding hydrogens is 408 g/mol. The summed E-state index contributed by atoms with van der Waals surface area (Å²) < 4.78 is 1.97. The number of carbonyl (C=O) groups excluding carboxylic acids is 2. The Labute approximate surface area is 177 Å². The van der Waals surface area contributed by atoms with E-state index in [1.807, 2.05) is 24.5 Å². The van der Waals surface area contributed by atoms with E-state index in [4.69, 9.17) is 0 Å². The topological polar surface area (TPSA) is 79.6 Å². The van der Waals surface area contributed by atoms with E-state index in [2.05, 4.69) is 0 Å². The molecule has 2 aromatic heterocycles. The Hall–Kier alpha value is -2.32. The lowest BCUT2D eigenvalue weighted by atomic mass is 9.95. The van der Waals surface area contributed by atoms with Crippen LogP contribution < -0.4 is 0 Å². The maximum atomic E-state index is 12.4. The fourth-order valence-electron chi connectivity index (χ4n) is 4.09. The van der Waals surface area contributed by atoms with Crippen molar-refractivity contribution in [2.24, 2.45) is 0 Å². The second-order valence-corrected chi connectivity index (χ2v) is 9.36. The molecule has 2 amide bonds. The predicted octanol–water partition coefficient (Wildman–Crippen LogP) is 4.79. The molecule has 152 valence electrons. The minimum Gasteiger partial charge on any atom is -0.478 e. The van der Waals surface area contributed by atoms with Crippen molar-refractivity contribution in [2.75, 3.05) is 6.54 Å². The van der Waals surface area contributed by atoms with Crippen LogP contribution in [0.15, 0.2) is 11.0 Å². The average Bonchev–Trinajstić information content (AvgIpc) is 3.27. The van der Waals surface area contributed by atoms with Gasteiger partial charge in [0.2, 0.25) is 0 Å². The fourth-order valence-corrected chi connectivity index (χ4v) is 6.48. The molecule has 29 heavy (non-hydrogen) atoms. The minimum absolute atomic E-state index is 0.253. The van der Waals surface area contributed by atoms with Crippen LogP contribution in [0.3, 0.4) is 0 Å².